The van der Waals surface area contributed by atoms with Crippen LogP contribution in [0.1, 0.15) is 46.0 Å². The summed E-state index contributed by atoms with van der Waals surface area (Å²) in [6.07, 6.45) is 6.06. The van der Waals surface area contributed by atoms with Gasteiger partial charge in [-0.15, -0.1) is 0 Å². The van der Waals surface area contributed by atoms with Crippen molar-refractivity contribution in [3.63, 3.8) is 0 Å². The van der Waals surface area contributed by atoms with E-state index in [4.69, 9.17) is 0 Å². The average molecular weight is 224 g/mol. The van der Waals surface area contributed by atoms with Crippen LogP contribution < -0.4 is 5.32 Å². The number of carbonyl (C=O) groups is 1. The maximum atomic E-state index is 12.4. The second-order valence-corrected chi connectivity index (χ2v) is 5.53. The van der Waals surface area contributed by atoms with Gasteiger partial charge in [-0.1, -0.05) is 6.42 Å². The summed E-state index contributed by atoms with van der Waals surface area (Å²) in [6.45, 7) is 6.24. The van der Waals surface area contributed by atoms with E-state index in [-0.39, 0.29) is 6.04 Å². The Balaban J connectivity index is 1.91. The largest absolute Gasteiger partial charge is 0.339 e. The van der Waals surface area contributed by atoms with Gasteiger partial charge in [-0.05, 0) is 52.0 Å². The van der Waals surface area contributed by atoms with E-state index >= 15 is 0 Å². The van der Waals surface area contributed by atoms with Crippen LogP contribution in [0.5, 0.6) is 0 Å². The van der Waals surface area contributed by atoms with Gasteiger partial charge >= 0.3 is 0 Å². The minimum absolute atomic E-state index is 0.0925. The van der Waals surface area contributed by atoms with Gasteiger partial charge in [0.05, 0.1) is 6.04 Å². The molecule has 3 nitrogen and oxygen atoms in total. The molecule has 0 aromatic heterocycles. The predicted octanol–water partition coefficient (Wildman–Crippen LogP) is 1.78. The van der Waals surface area contributed by atoms with Gasteiger partial charge in [-0.2, -0.15) is 0 Å². The summed E-state index contributed by atoms with van der Waals surface area (Å²) < 4.78 is 0. The summed E-state index contributed by atoms with van der Waals surface area (Å²) in [5, 5.41) is 3.36. The highest BCUT2D eigenvalue weighted by Crippen LogP contribution is 2.30. The van der Waals surface area contributed by atoms with E-state index in [1.807, 2.05) is 0 Å². The van der Waals surface area contributed by atoms with Crippen molar-refractivity contribution in [3.8, 4) is 0 Å². The average Bonchev–Trinajstić information content (AvgIpc) is 3.09. The zero-order valence-corrected chi connectivity index (χ0v) is 10.5. The molecule has 1 unspecified atom stereocenters. The first-order chi connectivity index (χ1) is 7.68. The zero-order valence-electron chi connectivity index (χ0n) is 10.5. The predicted molar refractivity (Wildman–Crippen MR) is 65.2 cm³/mol. The summed E-state index contributed by atoms with van der Waals surface area (Å²) in [4.78, 5) is 14.5. The second kappa shape index (κ2) is 5.17. The number of nitrogens with one attached hydrogen (secondary N) is 1. The molecule has 92 valence electrons. The van der Waals surface area contributed by atoms with E-state index in [2.05, 4.69) is 24.1 Å². The molecular weight excluding hydrogens is 200 g/mol. The molecular formula is C13H24N2O. The summed E-state index contributed by atoms with van der Waals surface area (Å²) in [5.41, 5.74) is 0. The van der Waals surface area contributed by atoms with Gasteiger partial charge in [-0.25, -0.2) is 0 Å². The normalized spacial score (nSPS) is 25.8. The number of carbonyl (C=O) groups excluding carboxylic acids is 1. The third-order valence-corrected chi connectivity index (χ3v) is 3.67. The Bertz CT molecular complexity index is 242. The number of hydrogen-bond acceptors (Lipinski definition) is 2. The molecule has 0 spiro atoms. The summed E-state index contributed by atoms with van der Waals surface area (Å²) in [7, 11) is 0. The van der Waals surface area contributed by atoms with Gasteiger partial charge in [0.25, 0.3) is 0 Å². The molecule has 16 heavy (non-hydrogen) atoms. The zero-order chi connectivity index (χ0) is 11.5. The maximum absolute atomic E-state index is 12.4. The first-order valence-corrected chi connectivity index (χ1v) is 6.72. The Labute approximate surface area is 98.6 Å². The third kappa shape index (κ3) is 2.97. The van der Waals surface area contributed by atoms with Gasteiger partial charge in [0.15, 0.2) is 0 Å². The van der Waals surface area contributed by atoms with Crippen LogP contribution in [0, 0.1) is 5.92 Å². The van der Waals surface area contributed by atoms with Gasteiger partial charge < -0.3 is 10.2 Å². The number of nitrogens with zero attached hydrogens (tertiary/aromatic N) is 1. The van der Waals surface area contributed by atoms with Gasteiger partial charge in [0.2, 0.25) is 5.91 Å². The topological polar surface area (TPSA) is 32.3 Å². The Morgan fingerprint density at radius 1 is 1.31 bits per heavy atom. The molecule has 1 aliphatic carbocycles. The van der Waals surface area contributed by atoms with Crippen molar-refractivity contribution in [2.75, 3.05) is 13.1 Å². The lowest BCUT2D eigenvalue weighted by molar-refractivity contribution is -0.136. The van der Waals surface area contributed by atoms with Crippen molar-refractivity contribution in [1.29, 1.82) is 0 Å². The lowest BCUT2D eigenvalue weighted by Gasteiger charge is -2.32. The van der Waals surface area contributed by atoms with Crippen LogP contribution in [-0.4, -0.2) is 36.0 Å². The summed E-state index contributed by atoms with van der Waals surface area (Å²) in [6, 6.07) is 0.437. The molecule has 1 saturated heterocycles. The fourth-order valence-corrected chi connectivity index (χ4v) is 2.40. The van der Waals surface area contributed by atoms with E-state index in [1.54, 1.807) is 0 Å². The highest BCUT2D eigenvalue weighted by Gasteiger charge is 2.31. The van der Waals surface area contributed by atoms with E-state index in [1.165, 1.54) is 25.7 Å². The molecule has 0 radical (unpaired) electrons. The first-order valence-electron chi connectivity index (χ1n) is 6.72. The van der Waals surface area contributed by atoms with Crippen molar-refractivity contribution < 1.29 is 4.79 Å². The Morgan fingerprint density at radius 2 is 2.06 bits per heavy atom. The maximum Gasteiger partial charge on any atom is 0.239 e. The fourth-order valence-electron chi connectivity index (χ4n) is 2.40. The molecule has 0 bridgehead atoms. The van der Waals surface area contributed by atoms with E-state index in [9.17, 15) is 4.79 Å². The molecule has 1 heterocycles. The van der Waals surface area contributed by atoms with Gasteiger partial charge in [-0.3, -0.25) is 4.79 Å². The van der Waals surface area contributed by atoms with Crippen LogP contribution in [0.15, 0.2) is 0 Å². The van der Waals surface area contributed by atoms with E-state index in [0.29, 0.717) is 11.9 Å². The van der Waals surface area contributed by atoms with Crippen LogP contribution in [-0.2, 0) is 4.79 Å². The molecule has 1 aliphatic heterocycles. The monoisotopic (exact) mass is 224 g/mol. The Morgan fingerprint density at radius 3 is 2.56 bits per heavy atom. The number of rotatable bonds is 4. The molecule has 2 aliphatic rings. The highest BCUT2D eigenvalue weighted by molar-refractivity contribution is 5.82. The minimum Gasteiger partial charge on any atom is -0.339 e. The molecule has 1 atom stereocenters. The molecule has 1 amide bonds. The van der Waals surface area contributed by atoms with E-state index in [0.717, 1.165) is 25.4 Å². The van der Waals surface area contributed by atoms with Crippen molar-refractivity contribution in [1.82, 2.24) is 10.2 Å². The molecule has 1 saturated carbocycles. The molecule has 2 fully saturated rings. The quantitative estimate of drug-likeness (QED) is 0.789. The lowest BCUT2D eigenvalue weighted by Crippen LogP contribution is -2.51. The first kappa shape index (κ1) is 11.9. The standard InChI is InChI=1S/C13H24N2O/c1-10(2)15(9-11-6-7-11)13(16)12-5-3-4-8-14-12/h10-12,14H,3-9H2,1-2H3. The SMILES string of the molecule is CC(C)N(CC1CC1)C(=O)C1CCCCN1. The van der Waals surface area contributed by atoms with Crippen molar-refractivity contribution in [2.45, 2.75) is 58.0 Å². The van der Waals surface area contributed by atoms with Crippen LogP contribution in [0.4, 0.5) is 0 Å². The van der Waals surface area contributed by atoms with Crippen molar-refractivity contribution in [2.24, 2.45) is 5.92 Å². The van der Waals surface area contributed by atoms with Crippen molar-refractivity contribution >= 4 is 5.91 Å². The Kier molecular flexibility index (Phi) is 3.85. The molecule has 2 rings (SSSR count). The summed E-state index contributed by atoms with van der Waals surface area (Å²) >= 11 is 0. The lowest BCUT2D eigenvalue weighted by atomic mass is 10.0. The van der Waals surface area contributed by atoms with E-state index < -0.39 is 0 Å². The van der Waals surface area contributed by atoms with Crippen LogP contribution in [0.25, 0.3) is 0 Å². The molecule has 3 heteroatoms. The highest BCUT2D eigenvalue weighted by atomic mass is 16.2. The minimum atomic E-state index is 0.0925. The second-order valence-electron chi connectivity index (χ2n) is 5.53. The Hall–Kier alpha value is -0.570. The van der Waals surface area contributed by atoms with Crippen molar-refractivity contribution in [3.05, 3.63) is 0 Å². The molecule has 1 N–H and O–H groups in total. The third-order valence-electron chi connectivity index (χ3n) is 3.67. The molecule has 0 aromatic rings. The smallest absolute Gasteiger partial charge is 0.239 e. The number of piperidine rings is 1. The number of hydrogen-bond donors (Lipinski definition) is 1. The summed E-state index contributed by atoms with van der Waals surface area (Å²) in [5.74, 6) is 1.12. The van der Waals surface area contributed by atoms with Gasteiger partial charge in [0, 0.05) is 12.6 Å². The molecule has 0 aromatic carbocycles. The van der Waals surface area contributed by atoms with Crippen LogP contribution in [0.2, 0.25) is 0 Å². The van der Waals surface area contributed by atoms with Gasteiger partial charge in [0.1, 0.15) is 0 Å². The van der Waals surface area contributed by atoms with Crippen LogP contribution >= 0.6 is 0 Å². The fraction of sp³-hybridized carbons (Fsp3) is 0.923. The number of amides is 1. The van der Waals surface area contributed by atoms with Crippen LogP contribution in [0.3, 0.4) is 0 Å².